The highest BCUT2D eigenvalue weighted by molar-refractivity contribution is 5.94. The molecule has 0 heterocycles. The molecule has 5 heteroatoms. The molecule has 2 atom stereocenters. The van der Waals surface area contributed by atoms with Crippen LogP contribution in [0.2, 0.25) is 0 Å². The molecule has 0 saturated carbocycles. The van der Waals surface area contributed by atoms with E-state index in [1.807, 2.05) is 37.3 Å². The number of hydrogen-bond acceptors (Lipinski definition) is 3. The summed E-state index contributed by atoms with van der Waals surface area (Å²) in [5, 5.41) is 10.4. The van der Waals surface area contributed by atoms with Crippen molar-refractivity contribution in [3.05, 3.63) is 71.3 Å². The quantitative estimate of drug-likeness (QED) is 0.384. The Hall–Kier alpha value is -2.66. The van der Waals surface area contributed by atoms with E-state index in [9.17, 15) is 4.79 Å². The smallest absolute Gasteiger partial charge is 0.223 e. The highest BCUT2D eigenvalue weighted by Crippen LogP contribution is 2.12. The Kier molecular flexibility index (Phi) is 8.01. The molecule has 144 valence electrons. The lowest BCUT2D eigenvalue weighted by Gasteiger charge is -2.16. The van der Waals surface area contributed by atoms with Crippen LogP contribution in [0.4, 0.5) is 0 Å². The van der Waals surface area contributed by atoms with Crippen LogP contribution in [0.5, 0.6) is 0 Å². The van der Waals surface area contributed by atoms with Crippen LogP contribution in [0.25, 0.3) is 0 Å². The van der Waals surface area contributed by atoms with Gasteiger partial charge in [-0.05, 0) is 36.8 Å². The molecule has 0 aliphatic rings. The van der Waals surface area contributed by atoms with Gasteiger partial charge in [-0.15, -0.1) is 0 Å². The number of carbonyl (C=O) groups is 1. The molecule has 1 amide bonds. The Labute approximate surface area is 161 Å². The molecular formula is C22H30N4O. The summed E-state index contributed by atoms with van der Waals surface area (Å²) < 4.78 is 0. The lowest BCUT2D eigenvalue weighted by molar-refractivity contribution is -0.124. The third kappa shape index (κ3) is 7.23. The number of nitrogen functional groups attached to an aromatic ring is 1. The molecule has 2 rings (SSSR count). The largest absolute Gasteiger partial charge is 0.384 e. The van der Waals surface area contributed by atoms with E-state index >= 15 is 0 Å². The molecule has 0 aromatic heterocycles. The molecule has 5 nitrogen and oxygen atoms in total. The van der Waals surface area contributed by atoms with Crippen molar-refractivity contribution in [2.75, 3.05) is 0 Å². The summed E-state index contributed by atoms with van der Waals surface area (Å²) in [4.78, 5) is 12.3. The van der Waals surface area contributed by atoms with Crippen LogP contribution in [-0.2, 0) is 17.8 Å². The summed E-state index contributed by atoms with van der Waals surface area (Å²) in [6, 6.07) is 17.8. The van der Waals surface area contributed by atoms with Gasteiger partial charge in [-0.3, -0.25) is 10.2 Å². The summed E-state index contributed by atoms with van der Waals surface area (Å²) in [5.74, 6) is 0.0213. The topological polar surface area (TPSA) is 105 Å². The van der Waals surface area contributed by atoms with Crippen molar-refractivity contribution in [1.82, 2.24) is 5.32 Å². The summed E-state index contributed by atoms with van der Waals surface area (Å²) >= 11 is 0. The minimum absolute atomic E-state index is 0.0425. The van der Waals surface area contributed by atoms with Crippen LogP contribution in [0, 0.1) is 11.3 Å². The van der Waals surface area contributed by atoms with Crippen molar-refractivity contribution in [3.63, 3.8) is 0 Å². The van der Waals surface area contributed by atoms with Gasteiger partial charge in [-0.25, -0.2) is 0 Å². The van der Waals surface area contributed by atoms with Gasteiger partial charge in [0.1, 0.15) is 5.84 Å². The lowest BCUT2D eigenvalue weighted by Crippen LogP contribution is -2.30. The van der Waals surface area contributed by atoms with Gasteiger partial charge in [0.05, 0.1) is 0 Å². The normalized spacial score (nSPS) is 13.0. The van der Waals surface area contributed by atoms with Gasteiger partial charge in [0.2, 0.25) is 5.91 Å². The first kappa shape index (κ1) is 20.6. The highest BCUT2D eigenvalue weighted by atomic mass is 16.1. The average molecular weight is 367 g/mol. The second-order valence-electron chi connectivity index (χ2n) is 7.09. The maximum absolute atomic E-state index is 12.3. The summed E-state index contributed by atoms with van der Waals surface area (Å²) in [7, 11) is 0. The number of hydrogen-bond donors (Lipinski definition) is 4. The van der Waals surface area contributed by atoms with Crippen LogP contribution in [-0.4, -0.2) is 17.8 Å². The number of nitrogens with two attached hydrogens (primary N) is 2. The predicted molar refractivity (Wildman–Crippen MR) is 110 cm³/mol. The van der Waals surface area contributed by atoms with Crippen LogP contribution in [0.1, 0.15) is 42.9 Å². The second-order valence-corrected chi connectivity index (χ2v) is 7.09. The second kappa shape index (κ2) is 10.5. The molecule has 2 aromatic carbocycles. The van der Waals surface area contributed by atoms with E-state index in [0.29, 0.717) is 12.1 Å². The predicted octanol–water partition coefficient (Wildman–Crippen LogP) is 2.96. The zero-order chi connectivity index (χ0) is 19.6. The maximum Gasteiger partial charge on any atom is 0.223 e. The maximum atomic E-state index is 12.3. The molecule has 6 N–H and O–H groups in total. The van der Waals surface area contributed by atoms with Gasteiger partial charge in [-0.1, -0.05) is 61.5 Å². The zero-order valence-electron chi connectivity index (χ0n) is 15.9. The Morgan fingerprint density at radius 2 is 1.67 bits per heavy atom. The highest BCUT2D eigenvalue weighted by Gasteiger charge is 2.14. The molecule has 0 spiro atoms. The van der Waals surface area contributed by atoms with Crippen molar-refractivity contribution < 1.29 is 4.79 Å². The van der Waals surface area contributed by atoms with Crippen molar-refractivity contribution in [1.29, 1.82) is 5.41 Å². The molecule has 0 bridgehead atoms. The molecular weight excluding hydrogens is 336 g/mol. The van der Waals surface area contributed by atoms with Gasteiger partial charge in [-0.2, -0.15) is 0 Å². The monoisotopic (exact) mass is 366 g/mol. The molecule has 27 heavy (non-hydrogen) atoms. The number of amides is 1. The molecule has 0 saturated heterocycles. The van der Waals surface area contributed by atoms with Crippen LogP contribution in [0.3, 0.4) is 0 Å². The van der Waals surface area contributed by atoms with Gasteiger partial charge in [0, 0.05) is 24.1 Å². The summed E-state index contributed by atoms with van der Waals surface area (Å²) in [5.41, 5.74) is 14.6. The van der Waals surface area contributed by atoms with Crippen LogP contribution in [0.15, 0.2) is 54.6 Å². The molecule has 2 aromatic rings. The Morgan fingerprint density at radius 3 is 2.30 bits per heavy atom. The SMILES string of the molecule is C[C@H](CC[C@H](N)CCc1ccccc1)C(=O)NCc1ccc(C(=N)N)cc1. The van der Waals surface area contributed by atoms with Crippen molar-refractivity contribution in [3.8, 4) is 0 Å². The van der Waals surface area contributed by atoms with E-state index in [-0.39, 0.29) is 23.7 Å². The molecule has 0 fully saturated rings. The third-order valence-corrected chi connectivity index (χ3v) is 4.80. The first-order chi connectivity index (χ1) is 13.0. The first-order valence-corrected chi connectivity index (χ1v) is 9.46. The third-order valence-electron chi connectivity index (χ3n) is 4.80. The summed E-state index contributed by atoms with van der Waals surface area (Å²) in [6.45, 7) is 2.42. The fourth-order valence-electron chi connectivity index (χ4n) is 2.90. The minimum Gasteiger partial charge on any atom is -0.384 e. The standard InChI is InChI=1S/C22H30N4O/c1-16(7-13-20(23)14-10-17-5-3-2-4-6-17)22(27)26-15-18-8-11-19(12-9-18)21(24)25/h2-6,8-9,11-12,16,20H,7,10,13-15,23H2,1H3,(H3,24,25)(H,26,27)/t16-,20+/m1/s1. The number of aryl methyl sites for hydroxylation is 1. The number of amidine groups is 1. The van der Waals surface area contributed by atoms with Crippen molar-refractivity contribution >= 4 is 11.7 Å². The molecule has 0 aliphatic heterocycles. The average Bonchev–Trinajstić information content (AvgIpc) is 2.69. The Balaban J connectivity index is 1.67. The van der Waals surface area contributed by atoms with Gasteiger partial charge >= 0.3 is 0 Å². The number of nitrogens with one attached hydrogen (secondary N) is 2. The van der Waals surface area contributed by atoms with Crippen molar-refractivity contribution in [2.24, 2.45) is 17.4 Å². The van der Waals surface area contributed by atoms with E-state index < -0.39 is 0 Å². The van der Waals surface area contributed by atoms with E-state index in [0.717, 1.165) is 31.2 Å². The summed E-state index contributed by atoms with van der Waals surface area (Å²) in [6.07, 6.45) is 3.53. The minimum atomic E-state index is -0.0655. The lowest BCUT2D eigenvalue weighted by atomic mass is 9.97. The fraction of sp³-hybridized carbons (Fsp3) is 0.364. The Morgan fingerprint density at radius 1 is 1.00 bits per heavy atom. The zero-order valence-corrected chi connectivity index (χ0v) is 15.9. The Bertz CT molecular complexity index is 728. The van der Waals surface area contributed by atoms with E-state index in [2.05, 4.69) is 17.4 Å². The number of rotatable bonds is 10. The van der Waals surface area contributed by atoms with Gasteiger partial charge in [0.25, 0.3) is 0 Å². The van der Waals surface area contributed by atoms with Crippen molar-refractivity contribution in [2.45, 2.75) is 45.2 Å². The molecule has 0 unspecified atom stereocenters. The van der Waals surface area contributed by atoms with E-state index in [1.165, 1.54) is 5.56 Å². The molecule has 0 radical (unpaired) electrons. The van der Waals surface area contributed by atoms with Gasteiger partial charge in [0.15, 0.2) is 0 Å². The fourth-order valence-corrected chi connectivity index (χ4v) is 2.90. The van der Waals surface area contributed by atoms with Gasteiger partial charge < -0.3 is 16.8 Å². The number of benzene rings is 2. The van der Waals surface area contributed by atoms with E-state index in [1.54, 1.807) is 12.1 Å². The molecule has 0 aliphatic carbocycles. The van der Waals surface area contributed by atoms with Crippen LogP contribution < -0.4 is 16.8 Å². The number of carbonyl (C=O) groups excluding carboxylic acids is 1. The van der Waals surface area contributed by atoms with Crippen LogP contribution >= 0.6 is 0 Å². The first-order valence-electron chi connectivity index (χ1n) is 9.46. The van der Waals surface area contributed by atoms with E-state index in [4.69, 9.17) is 16.9 Å².